The van der Waals surface area contributed by atoms with Crippen molar-refractivity contribution in [2.45, 2.75) is 64.6 Å². The summed E-state index contributed by atoms with van der Waals surface area (Å²) in [5.74, 6) is 3.36. The van der Waals surface area contributed by atoms with Crippen molar-refractivity contribution < 1.29 is 9.53 Å². The molecule has 0 spiro atoms. The predicted octanol–water partition coefficient (Wildman–Crippen LogP) is 6.23. The fourth-order valence-electron chi connectivity index (χ4n) is 7.08. The fraction of sp³-hybridized carbons (Fsp3) is 0.471. The number of nitrogens with two attached hydrogens (primary N) is 1. The van der Waals surface area contributed by atoms with Gasteiger partial charge in [-0.3, -0.25) is 4.79 Å². The van der Waals surface area contributed by atoms with Crippen LogP contribution in [0.5, 0.6) is 5.75 Å². The lowest BCUT2D eigenvalue weighted by atomic mass is 10.1. The molecule has 7 heteroatoms. The average Bonchev–Trinajstić information content (AvgIpc) is 3.36. The maximum Gasteiger partial charge on any atom is 0.254 e. The van der Waals surface area contributed by atoms with Crippen molar-refractivity contribution in [1.29, 1.82) is 0 Å². The number of piperidine rings is 1. The summed E-state index contributed by atoms with van der Waals surface area (Å²) in [6, 6.07) is 13.1. The Balaban J connectivity index is 1.30. The quantitative estimate of drug-likeness (QED) is 0.281. The van der Waals surface area contributed by atoms with Gasteiger partial charge in [-0.15, -0.1) is 0 Å². The van der Waals surface area contributed by atoms with Crippen LogP contribution in [0.4, 0.5) is 0 Å². The summed E-state index contributed by atoms with van der Waals surface area (Å²) in [5, 5.41) is 1.22. The van der Waals surface area contributed by atoms with Gasteiger partial charge in [-0.2, -0.15) is 0 Å². The van der Waals surface area contributed by atoms with E-state index in [2.05, 4.69) is 59.4 Å². The summed E-state index contributed by atoms with van der Waals surface area (Å²) in [4.78, 5) is 20.8. The van der Waals surface area contributed by atoms with Crippen LogP contribution >= 0.6 is 0 Å². The summed E-state index contributed by atoms with van der Waals surface area (Å²) in [5.41, 5.74) is 12.3. The molecule has 1 amide bonds. The topological polar surface area (TPSA) is 78.3 Å². The molecule has 2 aliphatic carbocycles. The molecule has 214 valence electrons. The third kappa shape index (κ3) is 4.55. The summed E-state index contributed by atoms with van der Waals surface area (Å²) >= 11 is 0. The van der Waals surface area contributed by atoms with Gasteiger partial charge in [0.2, 0.25) is 0 Å². The van der Waals surface area contributed by atoms with Crippen molar-refractivity contribution in [1.82, 2.24) is 19.0 Å². The third-order valence-corrected chi connectivity index (χ3v) is 9.53. The van der Waals surface area contributed by atoms with Gasteiger partial charge in [0.05, 0.1) is 18.3 Å². The number of nitrogens with zero attached hydrogens (tertiary/aromatic N) is 4. The van der Waals surface area contributed by atoms with Crippen molar-refractivity contribution in [3.05, 3.63) is 53.6 Å². The highest BCUT2D eigenvalue weighted by Gasteiger charge is 2.47. The Morgan fingerprint density at radius 3 is 2.66 bits per heavy atom. The van der Waals surface area contributed by atoms with Crippen molar-refractivity contribution >= 4 is 33.9 Å². The van der Waals surface area contributed by atoms with Crippen LogP contribution in [0.2, 0.25) is 0 Å². The van der Waals surface area contributed by atoms with Gasteiger partial charge in [0.25, 0.3) is 5.91 Å². The van der Waals surface area contributed by atoms with Gasteiger partial charge in [-0.05, 0) is 85.8 Å². The predicted molar refractivity (Wildman–Crippen MR) is 165 cm³/mol. The lowest BCUT2D eigenvalue weighted by Crippen LogP contribution is -2.41. The molecule has 0 radical (unpaired) electrons. The number of benzene rings is 2. The van der Waals surface area contributed by atoms with Crippen molar-refractivity contribution in [2.24, 2.45) is 30.5 Å². The lowest BCUT2D eigenvalue weighted by Gasteiger charge is -2.27. The zero-order chi connectivity index (χ0) is 28.4. The van der Waals surface area contributed by atoms with E-state index < -0.39 is 0 Å². The number of rotatable bonds is 8. The molecular weight excluding hydrogens is 510 g/mol. The Morgan fingerprint density at radius 2 is 1.98 bits per heavy atom. The normalized spacial score (nSPS) is 22.3. The molecule has 3 atom stereocenters. The Bertz CT molecular complexity index is 1670. The van der Waals surface area contributed by atoms with Crippen molar-refractivity contribution in [2.75, 3.05) is 13.7 Å². The first-order valence-corrected chi connectivity index (χ1v) is 15.2. The van der Waals surface area contributed by atoms with E-state index in [0.29, 0.717) is 29.1 Å². The first-order valence-electron chi connectivity index (χ1n) is 15.2. The highest BCUT2D eigenvalue weighted by Crippen LogP contribution is 2.40. The molecule has 2 aromatic carbocycles. The lowest BCUT2D eigenvalue weighted by molar-refractivity contribution is 0.0700. The number of allylic oxidation sites excluding steroid dienone is 1. The Kier molecular flexibility index (Phi) is 6.45. The van der Waals surface area contributed by atoms with Crippen LogP contribution in [0.25, 0.3) is 39.5 Å². The molecule has 7 nitrogen and oxygen atoms in total. The van der Waals surface area contributed by atoms with Gasteiger partial charge in [0, 0.05) is 48.7 Å². The minimum Gasteiger partial charge on any atom is -0.494 e. The van der Waals surface area contributed by atoms with Crippen LogP contribution in [0, 0.1) is 17.8 Å². The number of aromatic nitrogens is 3. The van der Waals surface area contributed by atoms with E-state index >= 15 is 0 Å². The number of aryl methyl sites for hydroxylation is 1. The number of fused-ring (bicyclic) bond motifs is 4. The molecule has 3 heterocycles. The van der Waals surface area contributed by atoms with Crippen molar-refractivity contribution in [3.63, 3.8) is 0 Å². The van der Waals surface area contributed by atoms with Gasteiger partial charge in [-0.1, -0.05) is 32.1 Å². The molecule has 1 saturated heterocycles. The zero-order valence-corrected chi connectivity index (χ0v) is 24.6. The first kappa shape index (κ1) is 26.3. The highest BCUT2D eigenvalue weighted by atomic mass is 16.5. The van der Waals surface area contributed by atoms with E-state index in [1.165, 1.54) is 29.3 Å². The number of amides is 1. The van der Waals surface area contributed by atoms with Crippen LogP contribution in [-0.2, 0) is 13.6 Å². The molecule has 3 aliphatic rings. The van der Waals surface area contributed by atoms with Gasteiger partial charge >= 0.3 is 0 Å². The second kappa shape index (κ2) is 10.1. The number of carbonyl (C=O) groups excluding carboxylic acids is 1. The molecule has 2 bridgehead atoms. The molecule has 1 aliphatic heterocycles. The van der Waals surface area contributed by atoms with Crippen LogP contribution in [-0.4, -0.2) is 50.7 Å². The van der Waals surface area contributed by atoms with Gasteiger partial charge < -0.3 is 24.5 Å². The smallest absolute Gasteiger partial charge is 0.254 e. The molecule has 2 N–H and O–H groups in total. The number of likely N-dealkylation sites (tertiary alicyclic amines) is 1. The van der Waals surface area contributed by atoms with E-state index in [1.54, 1.807) is 7.11 Å². The first-order chi connectivity index (χ1) is 19.8. The van der Waals surface area contributed by atoms with Crippen LogP contribution in [0.15, 0.2) is 42.5 Å². The third-order valence-electron chi connectivity index (χ3n) is 9.53. The second-order valence-electron chi connectivity index (χ2n) is 12.9. The number of ether oxygens (including phenoxy) is 1. The zero-order valence-electron chi connectivity index (χ0n) is 24.6. The Hall–Kier alpha value is -3.58. The molecule has 41 heavy (non-hydrogen) atoms. The SMILES string of the molecule is COc1cc(C(=O)N2C[C@H]3CCC2[C@H]3N)cc2nc(-c3cc4cc(/C=C/CC(C)C)ccc4n3CC3CC3)n(C)c12. The maximum atomic E-state index is 13.7. The van der Waals surface area contributed by atoms with Crippen molar-refractivity contribution in [3.8, 4) is 17.3 Å². The van der Waals surface area contributed by atoms with Gasteiger partial charge in [0.1, 0.15) is 11.3 Å². The van der Waals surface area contributed by atoms with Crippen LogP contribution in [0.3, 0.4) is 0 Å². The minimum atomic E-state index is 0.0287. The summed E-state index contributed by atoms with van der Waals surface area (Å²) in [6.07, 6.45) is 10.2. The van der Waals surface area contributed by atoms with Gasteiger partial charge in [-0.25, -0.2) is 4.98 Å². The van der Waals surface area contributed by atoms with Gasteiger partial charge in [0.15, 0.2) is 5.82 Å². The summed E-state index contributed by atoms with van der Waals surface area (Å²) in [7, 11) is 3.72. The van der Waals surface area contributed by atoms with E-state index in [-0.39, 0.29) is 18.0 Å². The fourth-order valence-corrected chi connectivity index (χ4v) is 7.08. The molecule has 2 aromatic heterocycles. The highest BCUT2D eigenvalue weighted by molar-refractivity contribution is 6.00. The number of methoxy groups -OCH3 is 1. The standard InChI is InChI=1S/C34H41N5O2/c1-20(2)6-5-7-21-10-12-27-24(14-21)16-29(38(27)18-22-8-9-22)33-36-26-15-25(17-30(41-4)32(26)37(33)3)34(40)39-19-23-11-13-28(39)31(23)35/h5,7,10,12,14-17,20,22-23,28,31H,6,8-9,11,13,18-19,35H2,1-4H3/b7-5+/t23-,28?,31+/m1/s1. The number of imidazole rings is 1. The largest absolute Gasteiger partial charge is 0.494 e. The average molecular weight is 552 g/mol. The monoisotopic (exact) mass is 551 g/mol. The molecule has 1 unspecified atom stereocenters. The summed E-state index contributed by atoms with van der Waals surface area (Å²) in [6.45, 7) is 6.22. The molecule has 3 fully saturated rings. The molecule has 7 rings (SSSR count). The van der Waals surface area contributed by atoms with Crippen LogP contribution in [0.1, 0.15) is 61.9 Å². The van der Waals surface area contributed by atoms with E-state index in [0.717, 1.165) is 54.9 Å². The molecule has 2 saturated carbocycles. The number of hydrogen-bond acceptors (Lipinski definition) is 4. The minimum absolute atomic E-state index is 0.0287. The molecular formula is C34H41N5O2. The second-order valence-corrected chi connectivity index (χ2v) is 12.9. The van der Waals surface area contributed by atoms with E-state index in [9.17, 15) is 4.79 Å². The Labute approximate surface area is 242 Å². The van der Waals surface area contributed by atoms with Crippen LogP contribution < -0.4 is 10.5 Å². The summed E-state index contributed by atoms with van der Waals surface area (Å²) < 4.78 is 10.4. The number of hydrogen-bond donors (Lipinski definition) is 1. The Morgan fingerprint density at radius 1 is 1.15 bits per heavy atom. The van der Waals surface area contributed by atoms with E-state index in [4.69, 9.17) is 15.5 Å². The maximum absolute atomic E-state index is 13.7. The number of carbonyl (C=O) groups is 1. The van der Waals surface area contributed by atoms with E-state index in [1.807, 2.05) is 24.1 Å². The molecule has 4 aromatic rings.